The summed E-state index contributed by atoms with van der Waals surface area (Å²) in [4.78, 5) is 6.59. The van der Waals surface area contributed by atoms with Crippen LogP contribution in [0.3, 0.4) is 0 Å². The largest absolute Gasteiger partial charge is 0.358 e. The van der Waals surface area contributed by atoms with Crippen LogP contribution >= 0.6 is 11.6 Å². The lowest BCUT2D eigenvalue weighted by Crippen LogP contribution is -2.21. The Morgan fingerprint density at radius 1 is 1.44 bits per heavy atom. The molecular weight excluding hydrogens is 246 g/mol. The van der Waals surface area contributed by atoms with Crippen LogP contribution in [0.5, 0.6) is 0 Å². The molecule has 1 N–H and O–H groups in total. The molecule has 0 amide bonds. The first-order chi connectivity index (χ1) is 8.54. The van der Waals surface area contributed by atoms with E-state index in [1.165, 1.54) is 0 Å². The van der Waals surface area contributed by atoms with Gasteiger partial charge in [-0.1, -0.05) is 32.4 Å². The number of halogens is 1. The third kappa shape index (κ3) is 4.83. The Kier molecular flexibility index (Phi) is 6.44. The normalized spacial score (nSPS) is 11.0. The molecular formula is C14H24ClN3. The van der Waals surface area contributed by atoms with Crippen LogP contribution in [0.4, 0.5) is 5.82 Å². The summed E-state index contributed by atoms with van der Waals surface area (Å²) in [5.41, 5.74) is 1.13. The Morgan fingerprint density at radius 2 is 2.17 bits per heavy atom. The second kappa shape index (κ2) is 7.59. The zero-order chi connectivity index (χ0) is 13.5. The molecule has 0 unspecified atom stereocenters. The fraction of sp³-hybridized carbons (Fsp3) is 0.643. The van der Waals surface area contributed by atoms with Crippen LogP contribution < -0.4 is 10.2 Å². The summed E-state index contributed by atoms with van der Waals surface area (Å²) < 4.78 is 0. The molecule has 1 rings (SSSR count). The van der Waals surface area contributed by atoms with Crippen molar-refractivity contribution in [3.8, 4) is 0 Å². The first-order valence-corrected chi connectivity index (χ1v) is 6.98. The molecule has 0 radical (unpaired) electrons. The zero-order valence-corrected chi connectivity index (χ0v) is 12.6. The van der Waals surface area contributed by atoms with Crippen LogP contribution in [0.2, 0.25) is 5.02 Å². The van der Waals surface area contributed by atoms with Gasteiger partial charge in [0.15, 0.2) is 0 Å². The molecule has 0 spiro atoms. The van der Waals surface area contributed by atoms with Gasteiger partial charge in [-0.2, -0.15) is 0 Å². The van der Waals surface area contributed by atoms with E-state index < -0.39 is 0 Å². The van der Waals surface area contributed by atoms with Crippen LogP contribution in [0.15, 0.2) is 12.3 Å². The quantitative estimate of drug-likeness (QED) is 0.823. The maximum absolute atomic E-state index is 6.29. The van der Waals surface area contributed by atoms with E-state index in [1.54, 1.807) is 0 Å². The number of pyridine rings is 1. The topological polar surface area (TPSA) is 28.2 Å². The number of hydrogen-bond acceptors (Lipinski definition) is 3. The molecule has 4 heteroatoms. The maximum atomic E-state index is 6.29. The lowest BCUT2D eigenvalue weighted by molar-refractivity contribution is 0.583. The van der Waals surface area contributed by atoms with Gasteiger partial charge in [-0.3, -0.25) is 0 Å². The minimum atomic E-state index is 0.694. The number of rotatable bonds is 7. The number of hydrogen-bond donors (Lipinski definition) is 1. The van der Waals surface area contributed by atoms with Crippen LogP contribution in [-0.2, 0) is 6.54 Å². The summed E-state index contributed by atoms with van der Waals surface area (Å²) in [5, 5.41) is 4.00. The van der Waals surface area contributed by atoms with Crippen molar-refractivity contribution in [1.82, 2.24) is 10.3 Å². The number of nitrogens with one attached hydrogen (secondary N) is 1. The molecule has 0 aliphatic rings. The molecule has 1 aromatic rings. The minimum Gasteiger partial charge on any atom is -0.358 e. The van der Waals surface area contributed by atoms with Crippen LogP contribution in [-0.4, -0.2) is 25.1 Å². The van der Waals surface area contributed by atoms with Crippen molar-refractivity contribution < 1.29 is 0 Å². The second-order valence-corrected chi connectivity index (χ2v) is 5.44. The highest BCUT2D eigenvalue weighted by Crippen LogP contribution is 2.23. The first-order valence-electron chi connectivity index (χ1n) is 6.60. The molecule has 0 aliphatic carbocycles. The predicted molar refractivity (Wildman–Crippen MR) is 79.4 cm³/mol. The summed E-state index contributed by atoms with van der Waals surface area (Å²) in [7, 11) is 2.04. The molecule has 0 bridgehead atoms. The number of anilines is 1. The highest BCUT2D eigenvalue weighted by molar-refractivity contribution is 6.33. The van der Waals surface area contributed by atoms with Gasteiger partial charge >= 0.3 is 0 Å². The van der Waals surface area contributed by atoms with Gasteiger partial charge in [0.25, 0.3) is 0 Å². The summed E-state index contributed by atoms with van der Waals surface area (Å²) >= 11 is 6.29. The molecule has 0 fully saturated rings. The number of aromatic nitrogens is 1. The van der Waals surface area contributed by atoms with Gasteiger partial charge < -0.3 is 10.2 Å². The molecule has 18 heavy (non-hydrogen) atoms. The average Bonchev–Trinajstić information content (AvgIpc) is 2.33. The Morgan fingerprint density at radius 3 is 2.72 bits per heavy atom. The molecule has 102 valence electrons. The van der Waals surface area contributed by atoms with E-state index in [-0.39, 0.29) is 0 Å². The van der Waals surface area contributed by atoms with E-state index >= 15 is 0 Å². The highest BCUT2D eigenvalue weighted by Gasteiger charge is 2.09. The maximum Gasteiger partial charge on any atom is 0.147 e. The predicted octanol–water partition coefficient (Wildman–Crippen LogP) is 3.33. The van der Waals surface area contributed by atoms with Gasteiger partial charge in [-0.05, 0) is 30.5 Å². The lowest BCUT2D eigenvalue weighted by atomic mass is 10.1. The van der Waals surface area contributed by atoms with Gasteiger partial charge in [-0.25, -0.2) is 4.98 Å². The fourth-order valence-corrected chi connectivity index (χ4v) is 2.01. The lowest BCUT2D eigenvalue weighted by Gasteiger charge is -2.20. The van der Waals surface area contributed by atoms with Crippen LogP contribution in [0.25, 0.3) is 0 Å². The second-order valence-electron chi connectivity index (χ2n) is 5.03. The molecule has 0 aromatic carbocycles. The Balaban J connectivity index is 2.66. The number of nitrogens with zero attached hydrogens (tertiary/aromatic N) is 2. The SMILES string of the molecule is CCNCc1cnc(N(C)CCC(C)C)c(Cl)c1. The van der Waals surface area contributed by atoms with Crippen molar-refractivity contribution in [3.63, 3.8) is 0 Å². The van der Waals surface area contributed by atoms with E-state index in [0.717, 1.165) is 42.5 Å². The monoisotopic (exact) mass is 269 g/mol. The highest BCUT2D eigenvalue weighted by atomic mass is 35.5. The summed E-state index contributed by atoms with van der Waals surface area (Å²) in [6.07, 6.45) is 3.05. The average molecular weight is 270 g/mol. The summed E-state index contributed by atoms with van der Waals surface area (Å²) in [6.45, 7) is 9.29. The van der Waals surface area contributed by atoms with Gasteiger partial charge in [-0.15, -0.1) is 0 Å². The van der Waals surface area contributed by atoms with Gasteiger partial charge in [0.05, 0.1) is 5.02 Å². The molecule has 1 heterocycles. The van der Waals surface area contributed by atoms with Crippen molar-refractivity contribution in [2.75, 3.05) is 25.0 Å². The molecule has 3 nitrogen and oxygen atoms in total. The van der Waals surface area contributed by atoms with Crippen LogP contribution in [0.1, 0.15) is 32.8 Å². The first kappa shape index (κ1) is 15.3. The zero-order valence-electron chi connectivity index (χ0n) is 11.8. The van der Waals surface area contributed by atoms with Gasteiger partial charge in [0.1, 0.15) is 5.82 Å². The van der Waals surface area contributed by atoms with Crippen molar-refractivity contribution in [1.29, 1.82) is 0 Å². The minimum absolute atomic E-state index is 0.694. The van der Waals surface area contributed by atoms with Crippen molar-refractivity contribution in [2.45, 2.75) is 33.7 Å². The van der Waals surface area contributed by atoms with E-state index in [9.17, 15) is 0 Å². The summed E-state index contributed by atoms with van der Waals surface area (Å²) in [6, 6.07) is 2.00. The van der Waals surface area contributed by atoms with Crippen LogP contribution in [0, 0.1) is 5.92 Å². The molecule has 1 aromatic heterocycles. The third-order valence-electron chi connectivity index (χ3n) is 2.86. The fourth-order valence-electron chi connectivity index (χ4n) is 1.67. The van der Waals surface area contributed by atoms with Crippen molar-refractivity contribution >= 4 is 17.4 Å². The van der Waals surface area contributed by atoms with E-state index in [0.29, 0.717) is 5.92 Å². The molecule has 0 saturated carbocycles. The smallest absolute Gasteiger partial charge is 0.147 e. The van der Waals surface area contributed by atoms with Crippen molar-refractivity contribution in [3.05, 3.63) is 22.8 Å². The van der Waals surface area contributed by atoms with E-state index in [2.05, 4.69) is 36.0 Å². The molecule has 0 saturated heterocycles. The molecule has 0 atom stereocenters. The van der Waals surface area contributed by atoms with Gasteiger partial charge in [0, 0.05) is 26.3 Å². The third-order valence-corrected chi connectivity index (χ3v) is 3.14. The van der Waals surface area contributed by atoms with E-state index in [4.69, 9.17) is 11.6 Å². The summed E-state index contributed by atoms with van der Waals surface area (Å²) in [5.74, 6) is 1.57. The molecule has 0 aliphatic heterocycles. The van der Waals surface area contributed by atoms with Crippen molar-refractivity contribution in [2.24, 2.45) is 5.92 Å². The van der Waals surface area contributed by atoms with E-state index in [1.807, 2.05) is 19.3 Å². The Bertz CT molecular complexity index is 366. The standard InChI is InChI=1S/C14H24ClN3/c1-5-16-9-12-8-13(15)14(17-10-12)18(4)7-6-11(2)3/h8,10-11,16H,5-7,9H2,1-4H3. The van der Waals surface area contributed by atoms with Gasteiger partial charge in [0.2, 0.25) is 0 Å². The Labute approximate surface area is 116 Å². The Hall–Kier alpha value is -0.800.